The van der Waals surface area contributed by atoms with Crippen molar-refractivity contribution in [2.75, 3.05) is 11.4 Å². The van der Waals surface area contributed by atoms with Crippen LogP contribution in [0.5, 0.6) is 0 Å². The molecule has 0 aromatic heterocycles. The van der Waals surface area contributed by atoms with E-state index in [4.69, 9.17) is 0 Å². The van der Waals surface area contributed by atoms with E-state index in [2.05, 4.69) is 42.2 Å². The minimum atomic E-state index is -0.0571. The molecule has 1 aliphatic carbocycles. The number of allylic oxidation sites excluding steroid dienone is 1. The topological polar surface area (TPSA) is 20.3 Å². The lowest BCUT2D eigenvalue weighted by Gasteiger charge is -2.38. The Hall–Kier alpha value is -1.57. The number of anilines is 1. The molecule has 0 N–H and O–H groups in total. The summed E-state index contributed by atoms with van der Waals surface area (Å²) in [5.41, 5.74) is 1.18. The van der Waals surface area contributed by atoms with Crippen LogP contribution in [-0.2, 0) is 4.79 Å². The summed E-state index contributed by atoms with van der Waals surface area (Å²) in [6.07, 6.45) is 6.15. The van der Waals surface area contributed by atoms with Gasteiger partial charge in [-0.05, 0) is 31.1 Å². The van der Waals surface area contributed by atoms with Gasteiger partial charge in [-0.25, -0.2) is 0 Å². The van der Waals surface area contributed by atoms with E-state index < -0.39 is 0 Å². The predicted octanol–water partition coefficient (Wildman–Crippen LogP) is 2.80. The monoisotopic (exact) mass is 227 g/mol. The average molecular weight is 227 g/mol. The van der Waals surface area contributed by atoms with Gasteiger partial charge in [0, 0.05) is 18.2 Å². The van der Waals surface area contributed by atoms with Gasteiger partial charge in [-0.3, -0.25) is 4.79 Å². The second kappa shape index (κ2) is 3.73. The molecule has 2 nitrogen and oxygen atoms in total. The smallest absolute Gasteiger partial charge is 0.160 e. The Kier molecular flexibility index (Phi) is 2.32. The van der Waals surface area contributed by atoms with Crippen LogP contribution in [0.4, 0.5) is 5.69 Å². The largest absolute Gasteiger partial charge is 0.362 e. The van der Waals surface area contributed by atoms with Crippen LogP contribution in [-0.4, -0.2) is 17.9 Å². The van der Waals surface area contributed by atoms with Crippen LogP contribution >= 0.6 is 0 Å². The second-order valence-electron chi connectivity index (χ2n) is 5.04. The van der Waals surface area contributed by atoms with Crippen LogP contribution in [0.25, 0.3) is 0 Å². The third kappa shape index (κ3) is 1.43. The number of para-hydroxylation sites is 1. The quantitative estimate of drug-likeness (QED) is 0.735. The summed E-state index contributed by atoms with van der Waals surface area (Å²) in [6.45, 7) is 3.11. The Morgan fingerprint density at radius 2 is 2.06 bits per heavy atom. The highest BCUT2D eigenvalue weighted by molar-refractivity contribution is 5.97. The molecule has 1 heterocycles. The third-order valence-corrected chi connectivity index (χ3v) is 4.24. The predicted molar refractivity (Wildman–Crippen MR) is 69.1 cm³/mol. The molecule has 0 saturated carbocycles. The highest BCUT2D eigenvalue weighted by Crippen LogP contribution is 2.43. The summed E-state index contributed by atoms with van der Waals surface area (Å²) in [7, 11) is 0. The molecule has 2 heteroatoms. The fourth-order valence-corrected chi connectivity index (χ4v) is 3.23. The van der Waals surface area contributed by atoms with Gasteiger partial charge in [0.15, 0.2) is 5.78 Å². The molecular formula is C15H17NO. The van der Waals surface area contributed by atoms with Gasteiger partial charge in [0.1, 0.15) is 0 Å². The minimum absolute atomic E-state index is 0.0571. The summed E-state index contributed by atoms with van der Waals surface area (Å²) in [5, 5.41) is 0. The molecule has 1 fully saturated rings. The van der Waals surface area contributed by atoms with Crippen molar-refractivity contribution in [1.82, 2.24) is 0 Å². The van der Waals surface area contributed by atoms with E-state index >= 15 is 0 Å². The molecule has 3 rings (SSSR count). The lowest BCUT2D eigenvalue weighted by Crippen LogP contribution is -2.47. The van der Waals surface area contributed by atoms with Crippen LogP contribution < -0.4 is 4.90 Å². The molecule has 1 aromatic rings. The average Bonchev–Trinajstić information content (AvgIpc) is 2.91. The number of carbonyl (C=O) groups excluding carboxylic acids is 1. The highest BCUT2D eigenvalue weighted by atomic mass is 16.1. The van der Waals surface area contributed by atoms with Crippen LogP contribution in [0.1, 0.15) is 19.8 Å². The number of benzene rings is 1. The maximum Gasteiger partial charge on any atom is 0.160 e. The van der Waals surface area contributed by atoms with Crippen molar-refractivity contribution >= 4 is 11.5 Å². The first-order valence-corrected chi connectivity index (χ1v) is 6.30. The molecule has 1 aromatic carbocycles. The second-order valence-corrected chi connectivity index (χ2v) is 5.04. The maximum atomic E-state index is 11.8. The number of nitrogens with zero attached hydrogens (tertiary/aromatic N) is 1. The molecule has 2 aliphatic rings. The van der Waals surface area contributed by atoms with Crippen molar-refractivity contribution in [3.05, 3.63) is 42.5 Å². The fourth-order valence-electron chi connectivity index (χ4n) is 3.23. The van der Waals surface area contributed by atoms with Crippen molar-refractivity contribution in [1.29, 1.82) is 0 Å². The molecule has 88 valence electrons. The lowest BCUT2D eigenvalue weighted by atomic mass is 9.85. The van der Waals surface area contributed by atoms with Gasteiger partial charge >= 0.3 is 0 Å². The molecule has 2 atom stereocenters. The first kappa shape index (κ1) is 10.6. The minimum Gasteiger partial charge on any atom is -0.362 e. The van der Waals surface area contributed by atoms with E-state index in [1.165, 1.54) is 5.69 Å². The zero-order valence-corrected chi connectivity index (χ0v) is 10.1. The number of hydrogen-bond donors (Lipinski definition) is 0. The molecule has 0 amide bonds. The van der Waals surface area contributed by atoms with Gasteiger partial charge in [0.2, 0.25) is 0 Å². The van der Waals surface area contributed by atoms with Crippen molar-refractivity contribution in [2.45, 2.75) is 25.3 Å². The summed E-state index contributed by atoms with van der Waals surface area (Å²) in [4.78, 5) is 14.2. The molecule has 1 aliphatic heterocycles. The highest BCUT2D eigenvalue weighted by Gasteiger charge is 2.48. The fraction of sp³-hybridized carbons (Fsp3) is 0.400. The van der Waals surface area contributed by atoms with Gasteiger partial charge in [0.25, 0.3) is 0 Å². The molecule has 1 spiro atoms. The summed E-state index contributed by atoms with van der Waals surface area (Å²) >= 11 is 0. The van der Waals surface area contributed by atoms with Crippen molar-refractivity contribution < 1.29 is 4.79 Å². The zero-order valence-electron chi connectivity index (χ0n) is 10.1. The molecule has 0 unspecified atom stereocenters. The van der Waals surface area contributed by atoms with Crippen LogP contribution in [0, 0.1) is 5.92 Å². The molecule has 1 saturated heterocycles. The Bertz CT molecular complexity index is 465. The molecule has 0 radical (unpaired) electrons. The van der Waals surface area contributed by atoms with Crippen LogP contribution in [0.15, 0.2) is 42.5 Å². The van der Waals surface area contributed by atoms with Crippen LogP contribution in [0.2, 0.25) is 0 Å². The molecule has 17 heavy (non-hydrogen) atoms. The van der Waals surface area contributed by atoms with Gasteiger partial charge in [-0.15, -0.1) is 0 Å². The van der Waals surface area contributed by atoms with Crippen molar-refractivity contribution in [3.63, 3.8) is 0 Å². The molecule has 0 bridgehead atoms. The van der Waals surface area contributed by atoms with Gasteiger partial charge < -0.3 is 4.90 Å². The SMILES string of the molecule is C[C@H]1C(=O)C=C[C@@]12CCCN2c1ccccc1. The normalized spacial score (nSPS) is 31.7. The summed E-state index contributed by atoms with van der Waals surface area (Å²) in [6, 6.07) is 10.4. The van der Waals surface area contributed by atoms with E-state index in [9.17, 15) is 4.79 Å². The number of rotatable bonds is 1. The van der Waals surface area contributed by atoms with Crippen molar-refractivity contribution in [2.24, 2.45) is 5.92 Å². The van der Waals surface area contributed by atoms with E-state index in [0.29, 0.717) is 0 Å². The maximum absolute atomic E-state index is 11.8. The van der Waals surface area contributed by atoms with Crippen LogP contribution in [0.3, 0.4) is 0 Å². The standard InChI is InChI=1S/C15H17NO/c1-12-14(17)8-10-15(12)9-5-11-16(15)13-6-3-2-4-7-13/h2-4,6-8,10,12H,5,9,11H2,1H3/t12-,15-/m0/s1. The summed E-state index contributed by atoms with van der Waals surface area (Å²) in [5.74, 6) is 0.359. The third-order valence-electron chi connectivity index (χ3n) is 4.24. The Morgan fingerprint density at radius 3 is 2.71 bits per heavy atom. The first-order valence-electron chi connectivity index (χ1n) is 6.30. The number of hydrogen-bond acceptors (Lipinski definition) is 2. The van der Waals surface area contributed by atoms with E-state index in [1.807, 2.05) is 6.07 Å². The van der Waals surface area contributed by atoms with E-state index in [-0.39, 0.29) is 17.2 Å². The molecular weight excluding hydrogens is 210 g/mol. The van der Waals surface area contributed by atoms with E-state index in [0.717, 1.165) is 19.4 Å². The van der Waals surface area contributed by atoms with Gasteiger partial charge in [0.05, 0.1) is 5.54 Å². The zero-order chi connectivity index (χ0) is 11.9. The Labute approximate surface area is 102 Å². The summed E-state index contributed by atoms with van der Waals surface area (Å²) < 4.78 is 0. The Balaban J connectivity index is 2.01. The number of ketones is 1. The first-order chi connectivity index (χ1) is 8.24. The van der Waals surface area contributed by atoms with Gasteiger partial charge in [-0.1, -0.05) is 31.2 Å². The van der Waals surface area contributed by atoms with Crippen molar-refractivity contribution in [3.8, 4) is 0 Å². The van der Waals surface area contributed by atoms with E-state index in [1.54, 1.807) is 6.08 Å². The lowest BCUT2D eigenvalue weighted by molar-refractivity contribution is -0.118. The number of carbonyl (C=O) groups is 1. The Morgan fingerprint density at radius 1 is 1.29 bits per heavy atom. The van der Waals surface area contributed by atoms with Gasteiger partial charge in [-0.2, -0.15) is 0 Å².